The lowest BCUT2D eigenvalue weighted by Gasteiger charge is -2.12. The average molecular weight is 294 g/mol. The zero-order valence-electron chi connectivity index (χ0n) is 14.7. The van der Waals surface area contributed by atoms with E-state index in [9.17, 15) is 4.79 Å². The van der Waals surface area contributed by atoms with Crippen molar-refractivity contribution in [3.63, 3.8) is 0 Å². The van der Waals surface area contributed by atoms with Gasteiger partial charge in [-0.25, -0.2) is 4.79 Å². The molecule has 0 aliphatic heterocycles. The number of ether oxygens (including phenoxy) is 1. The van der Waals surface area contributed by atoms with E-state index in [0.717, 1.165) is 17.9 Å². The highest BCUT2D eigenvalue weighted by molar-refractivity contribution is 5.83. The number of carbonyl (C=O) groups is 1. The van der Waals surface area contributed by atoms with Gasteiger partial charge in [-0.1, -0.05) is 65.0 Å². The second-order valence-corrected chi connectivity index (χ2v) is 6.21. The van der Waals surface area contributed by atoms with E-state index in [1.54, 1.807) is 6.08 Å². The molecule has 0 amide bonds. The van der Waals surface area contributed by atoms with Gasteiger partial charge < -0.3 is 4.74 Å². The van der Waals surface area contributed by atoms with Crippen LogP contribution in [0, 0.1) is 11.8 Å². The first kappa shape index (κ1) is 19.9. The van der Waals surface area contributed by atoms with Crippen molar-refractivity contribution in [1.82, 2.24) is 0 Å². The molecule has 0 spiro atoms. The molecule has 0 rings (SSSR count). The molecule has 2 nitrogen and oxygen atoms in total. The molecule has 0 N–H and O–H groups in total. The smallest absolute Gasteiger partial charge is 0.330 e. The van der Waals surface area contributed by atoms with E-state index >= 15 is 0 Å². The lowest BCUT2D eigenvalue weighted by molar-refractivity contribution is -0.137. The van der Waals surface area contributed by atoms with Crippen LogP contribution in [0.15, 0.2) is 23.8 Å². The molecule has 2 unspecified atom stereocenters. The van der Waals surface area contributed by atoms with Crippen LogP contribution in [-0.2, 0) is 9.53 Å². The van der Waals surface area contributed by atoms with Crippen LogP contribution in [-0.4, -0.2) is 12.6 Å². The number of carbonyl (C=O) groups excluding carboxylic acids is 1. The SMILES string of the molecule is CCCC(C)CCCC(C)CC=CC(C)=CC(=O)OCC. The first-order chi connectivity index (χ1) is 9.99. The van der Waals surface area contributed by atoms with Gasteiger partial charge in [0.1, 0.15) is 0 Å². The fraction of sp³-hybridized carbons (Fsp3) is 0.737. The second kappa shape index (κ2) is 12.7. The van der Waals surface area contributed by atoms with Gasteiger partial charge in [0.05, 0.1) is 6.61 Å². The summed E-state index contributed by atoms with van der Waals surface area (Å²) in [5.41, 5.74) is 0.956. The average Bonchev–Trinajstić information content (AvgIpc) is 2.39. The monoisotopic (exact) mass is 294 g/mol. The lowest BCUT2D eigenvalue weighted by atomic mass is 9.94. The van der Waals surface area contributed by atoms with Crippen LogP contribution in [0.4, 0.5) is 0 Å². The lowest BCUT2D eigenvalue weighted by Crippen LogP contribution is -2.00. The maximum absolute atomic E-state index is 11.3. The standard InChI is InChI=1S/C19H34O2/c1-6-10-16(3)11-8-12-17(4)13-9-14-18(5)15-19(20)21-7-2/h9,14-17H,6-8,10-13H2,1-5H3. The summed E-state index contributed by atoms with van der Waals surface area (Å²) in [4.78, 5) is 11.3. The molecule has 0 aromatic rings. The topological polar surface area (TPSA) is 26.3 Å². The molecule has 0 saturated heterocycles. The summed E-state index contributed by atoms with van der Waals surface area (Å²) in [5, 5.41) is 0. The van der Waals surface area contributed by atoms with Crippen molar-refractivity contribution in [2.45, 2.75) is 73.1 Å². The van der Waals surface area contributed by atoms with Gasteiger partial charge in [-0.15, -0.1) is 0 Å². The highest BCUT2D eigenvalue weighted by Gasteiger charge is 2.04. The van der Waals surface area contributed by atoms with E-state index in [2.05, 4.69) is 26.8 Å². The molecule has 0 saturated carbocycles. The molecule has 2 atom stereocenters. The van der Waals surface area contributed by atoms with Gasteiger partial charge in [0.15, 0.2) is 0 Å². The predicted octanol–water partition coefficient (Wildman–Crippen LogP) is 5.68. The van der Waals surface area contributed by atoms with Crippen LogP contribution in [0.25, 0.3) is 0 Å². The Bertz CT molecular complexity index is 328. The molecule has 0 aliphatic carbocycles. The molecular formula is C19H34O2. The number of hydrogen-bond acceptors (Lipinski definition) is 2. The highest BCUT2D eigenvalue weighted by Crippen LogP contribution is 2.18. The van der Waals surface area contributed by atoms with Crippen molar-refractivity contribution in [2.24, 2.45) is 11.8 Å². The number of hydrogen-bond donors (Lipinski definition) is 0. The van der Waals surface area contributed by atoms with Crippen molar-refractivity contribution in [3.8, 4) is 0 Å². The Balaban J connectivity index is 3.88. The molecule has 2 heteroatoms. The van der Waals surface area contributed by atoms with Crippen molar-refractivity contribution in [1.29, 1.82) is 0 Å². The predicted molar refractivity (Wildman–Crippen MR) is 91.2 cm³/mol. The Labute approximate surface area is 131 Å². The van der Waals surface area contributed by atoms with Crippen LogP contribution >= 0.6 is 0 Å². The second-order valence-electron chi connectivity index (χ2n) is 6.21. The Kier molecular flexibility index (Phi) is 12.0. The van der Waals surface area contributed by atoms with Crippen LogP contribution in [0.3, 0.4) is 0 Å². The summed E-state index contributed by atoms with van der Waals surface area (Å²) in [7, 11) is 0. The fourth-order valence-electron chi connectivity index (χ4n) is 2.47. The van der Waals surface area contributed by atoms with Gasteiger partial charge in [0, 0.05) is 6.08 Å². The third-order valence-electron chi connectivity index (χ3n) is 3.73. The summed E-state index contributed by atoms with van der Waals surface area (Å²) in [6, 6.07) is 0. The molecule has 0 aliphatic rings. The minimum Gasteiger partial charge on any atom is -0.463 e. The Morgan fingerprint density at radius 2 is 1.76 bits per heavy atom. The van der Waals surface area contributed by atoms with Gasteiger partial charge in [-0.2, -0.15) is 0 Å². The maximum atomic E-state index is 11.3. The molecule has 21 heavy (non-hydrogen) atoms. The third-order valence-corrected chi connectivity index (χ3v) is 3.73. The highest BCUT2D eigenvalue weighted by atomic mass is 16.5. The quantitative estimate of drug-likeness (QED) is 0.278. The summed E-state index contributed by atoms with van der Waals surface area (Å²) < 4.78 is 4.89. The van der Waals surface area contributed by atoms with E-state index in [1.807, 2.05) is 19.9 Å². The van der Waals surface area contributed by atoms with Crippen LogP contribution < -0.4 is 0 Å². The third kappa shape index (κ3) is 12.4. The van der Waals surface area contributed by atoms with Crippen LogP contribution in [0.1, 0.15) is 73.1 Å². The van der Waals surface area contributed by atoms with Gasteiger partial charge >= 0.3 is 5.97 Å². The molecule has 0 radical (unpaired) electrons. The first-order valence-corrected chi connectivity index (χ1v) is 8.51. The maximum Gasteiger partial charge on any atom is 0.330 e. The van der Waals surface area contributed by atoms with Gasteiger partial charge in [0.2, 0.25) is 0 Å². The Morgan fingerprint density at radius 3 is 2.38 bits per heavy atom. The van der Waals surface area contributed by atoms with Crippen molar-refractivity contribution in [3.05, 3.63) is 23.8 Å². The minimum absolute atomic E-state index is 0.252. The molecule has 0 heterocycles. The number of allylic oxidation sites excluding steroid dienone is 3. The number of esters is 1. The van der Waals surface area contributed by atoms with Gasteiger partial charge in [-0.3, -0.25) is 0 Å². The fourth-order valence-corrected chi connectivity index (χ4v) is 2.47. The zero-order valence-corrected chi connectivity index (χ0v) is 14.7. The van der Waals surface area contributed by atoms with E-state index in [4.69, 9.17) is 4.74 Å². The van der Waals surface area contributed by atoms with E-state index < -0.39 is 0 Å². The van der Waals surface area contributed by atoms with Crippen molar-refractivity contribution >= 4 is 5.97 Å². The summed E-state index contributed by atoms with van der Waals surface area (Å²) in [5.74, 6) is 1.33. The molecule has 0 aromatic carbocycles. The van der Waals surface area contributed by atoms with Gasteiger partial charge in [-0.05, 0) is 37.7 Å². The molecule has 0 bridgehead atoms. The number of rotatable bonds is 11. The van der Waals surface area contributed by atoms with Crippen molar-refractivity contribution < 1.29 is 9.53 Å². The summed E-state index contributed by atoms with van der Waals surface area (Å²) in [6.45, 7) is 11.1. The van der Waals surface area contributed by atoms with E-state index in [0.29, 0.717) is 12.5 Å². The van der Waals surface area contributed by atoms with Gasteiger partial charge in [0.25, 0.3) is 0 Å². The van der Waals surface area contributed by atoms with E-state index in [-0.39, 0.29) is 5.97 Å². The summed E-state index contributed by atoms with van der Waals surface area (Å²) >= 11 is 0. The first-order valence-electron chi connectivity index (χ1n) is 8.51. The Hall–Kier alpha value is -1.05. The normalized spacial score (nSPS) is 15.2. The van der Waals surface area contributed by atoms with Crippen molar-refractivity contribution in [2.75, 3.05) is 6.61 Å². The van der Waals surface area contributed by atoms with Crippen LogP contribution in [0.2, 0.25) is 0 Å². The van der Waals surface area contributed by atoms with E-state index in [1.165, 1.54) is 32.1 Å². The molecule has 122 valence electrons. The van der Waals surface area contributed by atoms with Crippen LogP contribution in [0.5, 0.6) is 0 Å². The summed E-state index contributed by atoms with van der Waals surface area (Å²) in [6.07, 6.45) is 13.4. The molecule has 0 aromatic heterocycles. The Morgan fingerprint density at radius 1 is 1.10 bits per heavy atom. The largest absolute Gasteiger partial charge is 0.463 e. The minimum atomic E-state index is -0.252. The molecular weight excluding hydrogens is 260 g/mol. The molecule has 0 fully saturated rings. The zero-order chi connectivity index (χ0) is 16.1.